The highest BCUT2D eigenvalue weighted by Gasteiger charge is 2.00. The molecule has 0 bridgehead atoms. The lowest BCUT2D eigenvalue weighted by atomic mass is 10.2. The van der Waals surface area contributed by atoms with Gasteiger partial charge in [-0.05, 0) is 29.3 Å². The predicted octanol–water partition coefficient (Wildman–Crippen LogP) is 4.62. The number of carbonyl (C=O) groups excluding carboxylic acids is 1. The molecule has 4 heteroatoms. The molecule has 3 rings (SSSR count). The summed E-state index contributed by atoms with van der Waals surface area (Å²) < 4.78 is 10.4. The smallest absolute Gasteiger partial charge is 0.161 e. The zero-order valence-electron chi connectivity index (χ0n) is 14.7. The van der Waals surface area contributed by atoms with E-state index in [4.69, 9.17) is 14.6 Å². The Hall–Kier alpha value is -3.11. The minimum atomic E-state index is 0.0399. The number of carbonyl (C=O) groups is 1. The Morgan fingerprint density at radius 2 is 1.38 bits per heavy atom. The first-order chi connectivity index (χ1) is 12.7. The van der Waals surface area contributed by atoms with Crippen molar-refractivity contribution < 1.29 is 19.4 Å². The maximum Gasteiger partial charge on any atom is 0.161 e. The first kappa shape index (κ1) is 19.2. The van der Waals surface area contributed by atoms with Crippen molar-refractivity contribution in [3.63, 3.8) is 0 Å². The van der Waals surface area contributed by atoms with Crippen LogP contribution in [0.1, 0.15) is 21.5 Å². The van der Waals surface area contributed by atoms with Gasteiger partial charge >= 0.3 is 0 Å². The van der Waals surface area contributed by atoms with E-state index < -0.39 is 0 Å². The fourth-order valence-corrected chi connectivity index (χ4v) is 2.20. The third-order valence-corrected chi connectivity index (χ3v) is 3.56. The van der Waals surface area contributed by atoms with Crippen LogP contribution in [0, 0.1) is 0 Å². The number of ether oxygens (including phenoxy) is 2. The van der Waals surface area contributed by atoms with Crippen LogP contribution in [0.5, 0.6) is 11.5 Å². The third kappa shape index (κ3) is 6.42. The quantitative estimate of drug-likeness (QED) is 0.659. The van der Waals surface area contributed by atoms with E-state index in [2.05, 4.69) is 24.3 Å². The molecule has 0 atom stereocenters. The molecule has 0 aliphatic rings. The van der Waals surface area contributed by atoms with E-state index in [1.807, 2.05) is 36.4 Å². The zero-order chi connectivity index (χ0) is 18.6. The maximum absolute atomic E-state index is 10.2. The minimum absolute atomic E-state index is 0.0399. The first-order valence-corrected chi connectivity index (χ1v) is 8.20. The van der Waals surface area contributed by atoms with Gasteiger partial charge in [0.25, 0.3) is 0 Å². The van der Waals surface area contributed by atoms with E-state index in [1.54, 1.807) is 0 Å². The lowest BCUT2D eigenvalue weighted by Crippen LogP contribution is -1.93. The number of phenols is 1. The summed E-state index contributed by atoms with van der Waals surface area (Å²) in [5.41, 5.74) is 2.92. The molecule has 0 heterocycles. The van der Waals surface area contributed by atoms with Crippen molar-refractivity contribution in [3.05, 3.63) is 95.6 Å². The summed E-state index contributed by atoms with van der Waals surface area (Å²) in [4.78, 5) is 10.2. The van der Waals surface area contributed by atoms with Crippen molar-refractivity contribution in [1.82, 2.24) is 0 Å². The lowest BCUT2D eigenvalue weighted by Gasteiger charge is -2.03. The Labute approximate surface area is 153 Å². The zero-order valence-corrected chi connectivity index (χ0v) is 14.7. The molecule has 0 fully saturated rings. The van der Waals surface area contributed by atoms with E-state index in [0.717, 1.165) is 0 Å². The van der Waals surface area contributed by atoms with Crippen LogP contribution in [0.25, 0.3) is 0 Å². The highest BCUT2D eigenvalue weighted by Crippen LogP contribution is 2.25. The topological polar surface area (TPSA) is 55.8 Å². The summed E-state index contributed by atoms with van der Waals surface area (Å²) in [6.07, 6.45) is 0.696. The van der Waals surface area contributed by atoms with E-state index >= 15 is 0 Å². The molecule has 0 saturated heterocycles. The molecule has 1 N–H and O–H groups in total. The van der Waals surface area contributed by atoms with Gasteiger partial charge in [0, 0.05) is 5.56 Å². The Morgan fingerprint density at radius 3 is 1.85 bits per heavy atom. The van der Waals surface area contributed by atoms with E-state index in [0.29, 0.717) is 30.8 Å². The molecule has 3 aromatic rings. The molecule has 0 spiro atoms. The molecule has 26 heavy (non-hydrogen) atoms. The molecular weight excluding hydrogens is 328 g/mol. The molecule has 4 nitrogen and oxygen atoms in total. The van der Waals surface area contributed by atoms with Crippen molar-refractivity contribution in [2.75, 3.05) is 7.11 Å². The van der Waals surface area contributed by atoms with Crippen molar-refractivity contribution in [2.45, 2.75) is 13.2 Å². The van der Waals surface area contributed by atoms with Crippen LogP contribution in [-0.4, -0.2) is 18.5 Å². The van der Waals surface area contributed by atoms with Crippen molar-refractivity contribution in [2.24, 2.45) is 0 Å². The summed E-state index contributed by atoms with van der Waals surface area (Å²) in [6, 6.07) is 24.9. The van der Waals surface area contributed by atoms with Crippen LogP contribution < -0.4 is 4.74 Å². The number of rotatable bonds is 6. The average molecular weight is 350 g/mol. The Balaban J connectivity index is 0.000000197. The number of hydrogen-bond acceptors (Lipinski definition) is 4. The van der Waals surface area contributed by atoms with Crippen LogP contribution >= 0.6 is 0 Å². The molecule has 0 saturated carbocycles. The van der Waals surface area contributed by atoms with Gasteiger partial charge in [-0.3, -0.25) is 4.79 Å². The molecule has 0 aromatic heterocycles. The molecule has 0 amide bonds. The molecule has 0 radical (unpaired) electrons. The number of aromatic hydroxyl groups is 1. The fourth-order valence-electron chi connectivity index (χ4n) is 2.20. The maximum atomic E-state index is 10.2. The van der Waals surface area contributed by atoms with Crippen molar-refractivity contribution >= 4 is 6.29 Å². The van der Waals surface area contributed by atoms with E-state index in [9.17, 15) is 4.79 Å². The normalized spacial score (nSPS) is 9.73. The fraction of sp³-hybridized carbons (Fsp3) is 0.136. The Morgan fingerprint density at radius 1 is 0.846 bits per heavy atom. The highest BCUT2D eigenvalue weighted by atomic mass is 16.5. The minimum Gasteiger partial charge on any atom is -0.504 e. The van der Waals surface area contributed by atoms with Gasteiger partial charge in [-0.2, -0.15) is 0 Å². The van der Waals surface area contributed by atoms with E-state index in [-0.39, 0.29) is 5.75 Å². The van der Waals surface area contributed by atoms with Crippen molar-refractivity contribution in [3.8, 4) is 11.5 Å². The summed E-state index contributed by atoms with van der Waals surface area (Å²) in [5.74, 6) is 0.354. The van der Waals surface area contributed by atoms with Gasteiger partial charge in [0.2, 0.25) is 0 Å². The number of phenolic OH excluding ortho intramolecular Hbond substituents is 1. The summed E-state index contributed by atoms with van der Waals surface area (Å²) in [7, 11) is 1.43. The highest BCUT2D eigenvalue weighted by molar-refractivity contribution is 5.76. The lowest BCUT2D eigenvalue weighted by molar-refractivity contribution is 0.107. The molecule has 134 valence electrons. The molecule has 0 aliphatic carbocycles. The molecule has 0 aliphatic heterocycles. The second-order valence-corrected chi connectivity index (χ2v) is 5.51. The summed E-state index contributed by atoms with van der Waals surface area (Å²) in [6.45, 7) is 1.35. The van der Waals surface area contributed by atoms with Crippen LogP contribution in [0.4, 0.5) is 0 Å². The largest absolute Gasteiger partial charge is 0.504 e. The molecule has 0 unspecified atom stereocenters. The first-order valence-electron chi connectivity index (χ1n) is 8.20. The van der Waals surface area contributed by atoms with Crippen LogP contribution in [0.2, 0.25) is 0 Å². The van der Waals surface area contributed by atoms with Crippen LogP contribution in [0.3, 0.4) is 0 Å². The van der Waals surface area contributed by atoms with Gasteiger partial charge < -0.3 is 14.6 Å². The summed E-state index contributed by atoms with van der Waals surface area (Å²) >= 11 is 0. The average Bonchev–Trinajstić information content (AvgIpc) is 2.70. The van der Waals surface area contributed by atoms with Crippen LogP contribution in [-0.2, 0) is 18.0 Å². The summed E-state index contributed by atoms with van der Waals surface area (Å²) in [5, 5.41) is 9.09. The SMILES string of the molecule is COc1cc(C=O)ccc1O.c1ccc(COCc2ccccc2)cc1. The number of hydrogen-bond donors (Lipinski definition) is 1. The van der Waals surface area contributed by atoms with Gasteiger partial charge in [0.1, 0.15) is 6.29 Å². The number of aldehydes is 1. The van der Waals surface area contributed by atoms with Gasteiger partial charge in [0.05, 0.1) is 20.3 Å². The van der Waals surface area contributed by atoms with Gasteiger partial charge in [-0.15, -0.1) is 0 Å². The Kier molecular flexibility index (Phi) is 7.90. The molecular formula is C22H22O4. The standard InChI is InChI=1S/C14H14O.C8H8O3/c1-3-7-13(8-4-1)11-15-12-14-9-5-2-6-10-14;1-11-8-4-6(5-9)2-3-7(8)10/h1-10H,11-12H2;2-5,10H,1H3. The van der Waals surface area contributed by atoms with Gasteiger partial charge in [-0.1, -0.05) is 60.7 Å². The molecule has 3 aromatic carbocycles. The third-order valence-electron chi connectivity index (χ3n) is 3.56. The van der Waals surface area contributed by atoms with E-state index in [1.165, 1.54) is 36.4 Å². The van der Waals surface area contributed by atoms with Gasteiger partial charge in [0.15, 0.2) is 11.5 Å². The van der Waals surface area contributed by atoms with Gasteiger partial charge in [-0.25, -0.2) is 0 Å². The number of benzene rings is 3. The van der Waals surface area contributed by atoms with Crippen LogP contribution in [0.15, 0.2) is 78.9 Å². The Bertz CT molecular complexity index is 746. The monoisotopic (exact) mass is 350 g/mol. The number of methoxy groups -OCH3 is 1. The van der Waals surface area contributed by atoms with Crippen molar-refractivity contribution in [1.29, 1.82) is 0 Å². The second kappa shape index (κ2) is 10.7. The predicted molar refractivity (Wildman–Crippen MR) is 101 cm³/mol. The second-order valence-electron chi connectivity index (χ2n) is 5.51.